The van der Waals surface area contributed by atoms with Crippen LogP contribution in [0.25, 0.3) is 0 Å². The third-order valence-corrected chi connectivity index (χ3v) is 0. The van der Waals surface area contributed by atoms with Gasteiger partial charge in [-0.05, 0) is 0 Å². The minimum absolute atomic E-state index is 0. The molecule has 0 unspecified atom stereocenters. The number of halogens is 6. The minimum atomic E-state index is 0. The summed E-state index contributed by atoms with van der Waals surface area (Å²) in [5.74, 6) is 0. The van der Waals surface area contributed by atoms with Crippen molar-refractivity contribution in [3.63, 3.8) is 0 Å². The zero-order chi connectivity index (χ0) is 0. The van der Waals surface area contributed by atoms with Gasteiger partial charge >= 0.3 is 54.2 Å². The summed E-state index contributed by atoms with van der Waals surface area (Å²) < 4.78 is 0. The predicted octanol–water partition coefficient (Wildman–Crippen LogP) is -18.9. The van der Waals surface area contributed by atoms with Crippen LogP contribution in [0.1, 0.15) is 0 Å². The third-order valence-electron chi connectivity index (χ3n) is 0. The van der Waals surface area contributed by atoms with Gasteiger partial charge in [0.2, 0.25) is 0 Å². The van der Waals surface area contributed by atoms with Crippen molar-refractivity contribution in [2.24, 2.45) is 0 Å². The van der Waals surface area contributed by atoms with Crippen molar-refractivity contribution in [1.29, 1.82) is 0 Å². The summed E-state index contributed by atoms with van der Waals surface area (Å²) in [6.07, 6.45) is 0. The van der Waals surface area contributed by atoms with E-state index in [0.717, 1.165) is 0 Å². The number of rotatable bonds is 0. The van der Waals surface area contributed by atoms with Crippen LogP contribution in [0, 0.1) is 31.1 Å². The van der Waals surface area contributed by atoms with Crippen molar-refractivity contribution in [2.75, 3.05) is 0 Å². The first-order valence-corrected chi connectivity index (χ1v) is 0. The second-order valence-corrected chi connectivity index (χ2v) is 0. The molecule has 0 aromatic rings. The van der Waals surface area contributed by atoms with E-state index in [-0.39, 0.29) is 82.4 Å². The Bertz CT molecular complexity index is 8.49. The van der Waals surface area contributed by atoms with Gasteiger partial charge in [-0.1, -0.05) is 0 Å². The maximum atomic E-state index is 0. The van der Waals surface area contributed by atoms with E-state index in [0.29, 0.717) is 0 Å². The molecule has 0 bridgehead atoms. The summed E-state index contributed by atoms with van der Waals surface area (Å²) in [4.78, 5) is 0. The molecule has 50 valence electrons. The summed E-state index contributed by atoms with van der Waals surface area (Å²) in [5, 5.41) is 0. The summed E-state index contributed by atoms with van der Waals surface area (Å²) in [6, 6.07) is 0. The standard InChI is InChI=1S/6FH.Mg.U.2H/h6*1H;;;;/q;;;;;;;+6;;/p-6. The van der Waals surface area contributed by atoms with Gasteiger partial charge in [-0.15, -0.1) is 0 Å². The molecule has 8 heavy (non-hydrogen) atoms. The fourth-order valence-corrected chi connectivity index (χ4v) is 0. The molecule has 0 atom stereocenters. The average molecular weight is 378 g/mol. The van der Waals surface area contributed by atoms with Gasteiger partial charge in [-0.2, -0.15) is 0 Å². The Labute approximate surface area is 81.9 Å². The Morgan fingerprint density at radius 2 is 0.375 bits per heavy atom. The summed E-state index contributed by atoms with van der Waals surface area (Å²) in [5.41, 5.74) is 0. The van der Waals surface area contributed by atoms with Crippen LogP contribution in [0.15, 0.2) is 0 Å². The summed E-state index contributed by atoms with van der Waals surface area (Å²) in [7, 11) is 0. The number of hydrogen-bond donors (Lipinski definition) is 0. The molecular formula is H2F6MgU. The van der Waals surface area contributed by atoms with Crippen LogP contribution in [0.5, 0.6) is 0 Å². The Morgan fingerprint density at radius 3 is 0.375 bits per heavy atom. The van der Waals surface area contributed by atoms with Gasteiger partial charge in [-0.25, -0.2) is 0 Å². The van der Waals surface area contributed by atoms with Crippen LogP contribution in [0.2, 0.25) is 0 Å². The summed E-state index contributed by atoms with van der Waals surface area (Å²) in [6.45, 7) is 0. The Balaban J connectivity index is 0. The molecule has 0 heterocycles. The fraction of sp³-hybridized carbons (Fsp3) is 0. The van der Waals surface area contributed by atoms with E-state index in [2.05, 4.69) is 0 Å². The van der Waals surface area contributed by atoms with E-state index in [1.807, 2.05) is 0 Å². The van der Waals surface area contributed by atoms with Crippen LogP contribution >= 0.6 is 0 Å². The topological polar surface area (TPSA) is 0 Å². The quantitative estimate of drug-likeness (QED) is 0.290. The average Bonchev–Trinajstić information content (AvgIpc) is 0. The molecule has 0 radical (unpaired) electrons. The van der Waals surface area contributed by atoms with Crippen molar-refractivity contribution in [3.8, 4) is 0 Å². The second kappa shape index (κ2) is 235. The van der Waals surface area contributed by atoms with Crippen molar-refractivity contribution < 1.29 is 59.3 Å². The van der Waals surface area contributed by atoms with Gasteiger partial charge in [0.15, 0.2) is 0 Å². The normalized spacial score (nSPS) is 0. The van der Waals surface area contributed by atoms with Crippen LogP contribution in [0.3, 0.4) is 0 Å². The maximum Gasteiger partial charge on any atom is 6.00 e. The first-order chi connectivity index (χ1) is 0. The Hall–Kier alpha value is 1.40. The Kier molecular flexibility index (Phi) is 9970. The molecule has 0 fully saturated rings. The van der Waals surface area contributed by atoms with Crippen molar-refractivity contribution >= 4 is 23.1 Å². The largest absolute Gasteiger partial charge is 6.00 e. The molecule has 8 heteroatoms. The molecule has 0 aromatic heterocycles. The molecule has 0 aliphatic rings. The van der Waals surface area contributed by atoms with Crippen molar-refractivity contribution in [2.45, 2.75) is 0 Å². The van der Waals surface area contributed by atoms with Gasteiger partial charge in [0.25, 0.3) is 0 Å². The smallest absolute Gasteiger partial charge is 1.00 e. The predicted molar refractivity (Wildman–Crippen MR) is 8.54 cm³/mol. The van der Waals surface area contributed by atoms with E-state index in [9.17, 15) is 0 Å². The molecule has 0 aromatic carbocycles. The molecular weight excluding hydrogens is 376 g/mol. The molecule has 0 aliphatic carbocycles. The van der Waals surface area contributed by atoms with Crippen molar-refractivity contribution in [3.05, 3.63) is 0 Å². The fourth-order valence-electron chi connectivity index (χ4n) is 0. The van der Waals surface area contributed by atoms with E-state index in [1.54, 1.807) is 0 Å². The van der Waals surface area contributed by atoms with E-state index < -0.39 is 0 Å². The molecule has 0 spiro atoms. The first kappa shape index (κ1) is 339. The number of hydrogen-bond acceptors (Lipinski definition) is 0. The van der Waals surface area contributed by atoms with E-state index in [1.165, 1.54) is 0 Å². The van der Waals surface area contributed by atoms with Gasteiger partial charge in [-0.3, -0.25) is 0 Å². The van der Waals surface area contributed by atoms with Gasteiger partial charge in [0.05, 0.1) is 0 Å². The minimum Gasteiger partial charge on any atom is -1.00 e. The van der Waals surface area contributed by atoms with Gasteiger partial charge in [0.1, 0.15) is 0 Å². The molecule has 0 saturated carbocycles. The second-order valence-electron chi connectivity index (χ2n) is 0. The van der Waals surface area contributed by atoms with Crippen LogP contribution < -0.4 is 28.2 Å². The molecule has 0 aliphatic heterocycles. The van der Waals surface area contributed by atoms with Crippen LogP contribution in [0.4, 0.5) is 0 Å². The summed E-state index contributed by atoms with van der Waals surface area (Å²) >= 11 is 0. The maximum absolute atomic E-state index is 0. The van der Waals surface area contributed by atoms with Crippen LogP contribution in [-0.4, -0.2) is 23.1 Å². The Morgan fingerprint density at radius 1 is 0.375 bits per heavy atom. The molecule has 0 N–H and O–H groups in total. The van der Waals surface area contributed by atoms with E-state index in [4.69, 9.17) is 0 Å². The molecule has 0 nitrogen and oxygen atoms in total. The third kappa shape index (κ3) is 155. The van der Waals surface area contributed by atoms with E-state index >= 15 is 0 Å². The molecule has 0 amide bonds. The SMILES string of the molecule is [F-].[F-].[F-].[F-].[F-].[F-].[MgH2].[U+6]. The van der Waals surface area contributed by atoms with Crippen LogP contribution in [-0.2, 0) is 0 Å². The zero-order valence-electron chi connectivity index (χ0n) is 2.77. The molecule has 0 saturated heterocycles. The first-order valence-electron chi connectivity index (χ1n) is 0. The van der Waals surface area contributed by atoms with Gasteiger partial charge in [0, 0.05) is 0 Å². The van der Waals surface area contributed by atoms with Crippen molar-refractivity contribution in [1.82, 2.24) is 0 Å². The van der Waals surface area contributed by atoms with Gasteiger partial charge < -0.3 is 28.2 Å². The zero-order valence-corrected chi connectivity index (χ0v) is 6.93. The molecule has 0 rings (SSSR count). The monoisotopic (exact) mass is 378 g/mol.